The highest BCUT2D eigenvalue weighted by atomic mass is 32.2. The molecule has 2 aromatic rings. The first kappa shape index (κ1) is 20.9. The van der Waals surface area contributed by atoms with Crippen LogP contribution in [0.3, 0.4) is 0 Å². The second kappa shape index (κ2) is 7.39. The minimum atomic E-state index is -3.53. The first-order chi connectivity index (χ1) is 14.1. The molecule has 1 atom stereocenters. The lowest BCUT2D eigenvalue weighted by molar-refractivity contribution is 0.0668. The van der Waals surface area contributed by atoms with Crippen molar-refractivity contribution in [3.8, 4) is 0 Å². The lowest BCUT2D eigenvalue weighted by atomic mass is 9.92. The molecule has 1 amide bonds. The second-order valence-corrected chi connectivity index (χ2v) is 10.8. The van der Waals surface area contributed by atoms with Crippen LogP contribution in [-0.4, -0.2) is 48.3 Å². The minimum Gasteiger partial charge on any atom is -0.368 e. The maximum atomic E-state index is 13.0. The number of fused-ring (bicyclic) bond motifs is 1. The van der Waals surface area contributed by atoms with Crippen LogP contribution >= 0.6 is 0 Å². The van der Waals surface area contributed by atoms with Crippen LogP contribution in [0.25, 0.3) is 0 Å². The third-order valence-corrected chi connectivity index (χ3v) is 7.43. The van der Waals surface area contributed by atoms with E-state index in [0.29, 0.717) is 24.5 Å². The summed E-state index contributed by atoms with van der Waals surface area (Å²) >= 11 is 0. The predicted octanol–water partition coefficient (Wildman–Crippen LogP) is 2.30. The van der Waals surface area contributed by atoms with Gasteiger partial charge in [-0.15, -0.1) is 0 Å². The number of likely N-dealkylation sites (tertiary alicyclic amines) is 1. The van der Waals surface area contributed by atoms with Crippen molar-refractivity contribution in [2.24, 2.45) is 13.0 Å². The molecule has 1 saturated heterocycles. The summed E-state index contributed by atoms with van der Waals surface area (Å²) in [7, 11) is -1.74. The number of amides is 1. The Morgan fingerprint density at radius 2 is 1.83 bits per heavy atom. The van der Waals surface area contributed by atoms with Crippen LogP contribution in [0.1, 0.15) is 49.8 Å². The third kappa shape index (κ3) is 3.83. The average Bonchev–Trinajstić information content (AvgIpc) is 3.09. The van der Waals surface area contributed by atoms with Crippen molar-refractivity contribution in [2.45, 2.75) is 50.1 Å². The molecule has 4 rings (SSSR count). The maximum absolute atomic E-state index is 13.0. The second-order valence-electron chi connectivity index (χ2n) is 9.16. The number of hydrogen-bond donors (Lipinski definition) is 2. The van der Waals surface area contributed by atoms with Crippen molar-refractivity contribution in [1.82, 2.24) is 19.4 Å². The number of carbonyl (C=O) groups excluding carboxylic acids is 1. The first-order valence-electron chi connectivity index (χ1n) is 10.3. The molecule has 8 nitrogen and oxygen atoms in total. The van der Waals surface area contributed by atoms with Gasteiger partial charge in [-0.1, -0.05) is 32.9 Å². The van der Waals surface area contributed by atoms with E-state index in [4.69, 9.17) is 0 Å². The van der Waals surface area contributed by atoms with E-state index in [2.05, 4.69) is 35.9 Å². The van der Waals surface area contributed by atoms with Gasteiger partial charge in [0.2, 0.25) is 10.0 Å². The average molecular weight is 432 g/mol. The number of aryl methyl sites for hydroxylation is 1. The Hall–Kier alpha value is -2.39. The molecule has 2 aliphatic heterocycles. The van der Waals surface area contributed by atoms with E-state index in [-0.39, 0.29) is 28.3 Å². The quantitative estimate of drug-likeness (QED) is 0.761. The van der Waals surface area contributed by atoms with Gasteiger partial charge in [0, 0.05) is 25.6 Å². The highest BCUT2D eigenvalue weighted by molar-refractivity contribution is 7.89. The fourth-order valence-corrected chi connectivity index (χ4v) is 5.48. The number of hydrogen-bond acceptors (Lipinski definition) is 5. The van der Waals surface area contributed by atoms with Crippen molar-refractivity contribution in [3.63, 3.8) is 0 Å². The number of nitrogens with one attached hydrogen (secondary N) is 2. The number of rotatable bonds is 2. The molecule has 9 heteroatoms. The van der Waals surface area contributed by atoms with E-state index < -0.39 is 10.0 Å². The molecule has 0 saturated carbocycles. The zero-order chi connectivity index (χ0) is 21.7. The number of carbonyl (C=O) groups is 1. The fourth-order valence-electron chi connectivity index (χ4n) is 4.09. The summed E-state index contributed by atoms with van der Waals surface area (Å²) in [5, 5.41) is 7.83. The predicted molar refractivity (Wildman–Crippen MR) is 115 cm³/mol. The molecule has 2 N–H and O–H groups in total. The molecular weight excluding hydrogens is 402 g/mol. The molecule has 162 valence electrons. The van der Waals surface area contributed by atoms with E-state index in [9.17, 15) is 13.2 Å². The molecule has 0 spiro atoms. The number of nitrogens with zero attached hydrogens (tertiary/aromatic N) is 3. The van der Waals surface area contributed by atoms with Gasteiger partial charge >= 0.3 is 0 Å². The molecule has 0 radical (unpaired) electrons. The summed E-state index contributed by atoms with van der Waals surface area (Å²) in [6.45, 7) is 7.39. The van der Waals surface area contributed by atoms with Gasteiger partial charge in [-0.2, -0.15) is 9.82 Å². The van der Waals surface area contributed by atoms with Crippen LogP contribution in [0.2, 0.25) is 0 Å². The smallest absolute Gasteiger partial charge is 0.272 e. The van der Waals surface area contributed by atoms with Crippen LogP contribution < -0.4 is 10.0 Å². The van der Waals surface area contributed by atoms with E-state index in [1.54, 1.807) is 29.9 Å². The summed E-state index contributed by atoms with van der Waals surface area (Å²) in [5.74, 6) is 0.0790. The highest BCUT2D eigenvalue weighted by Gasteiger charge is 2.36. The van der Waals surface area contributed by atoms with E-state index in [1.807, 2.05) is 17.0 Å². The van der Waals surface area contributed by atoms with Gasteiger partial charge < -0.3 is 10.2 Å². The Morgan fingerprint density at radius 1 is 1.17 bits per heavy atom. The van der Waals surface area contributed by atoms with Crippen LogP contribution in [0.4, 0.5) is 5.69 Å². The van der Waals surface area contributed by atoms with Crippen LogP contribution in [0, 0.1) is 5.92 Å². The van der Waals surface area contributed by atoms with Crippen molar-refractivity contribution in [3.05, 3.63) is 41.7 Å². The normalized spacial score (nSPS) is 21.7. The summed E-state index contributed by atoms with van der Waals surface area (Å²) in [5.41, 5.74) is 1.99. The molecule has 2 aliphatic rings. The van der Waals surface area contributed by atoms with Gasteiger partial charge in [-0.3, -0.25) is 9.48 Å². The Labute approximate surface area is 177 Å². The summed E-state index contributed by atoms with van der Waals surface area (Å²) in [6, 6.07) is 8.80. The molecule has 30 heavy (non-hydrogen) atoms. The molecule has 1 aromatic carbocycles. The largest absolute Gasteiger partial charge is 0.368 e. The molecule has 1 aromatic heterocycles. The van der Waals surface area contributed by atoms with E-state index in [1.165, 1.54) is 0 Å². The highest BCUT2D eigenvalue weighted by Crippen LogP contribution is 2.31. The van der Waals surface area contributed by atoms with Gasteiger partial charge in [0.1, 0.15) is 10.6 Å². The Bertz CT molecular complexity index is 1060. The Morgan fingerprint density at radius 3 is 2.47 bits per heavy atom. The number of benzene rings is 1. The molecule has 0 unspecified atom stereocenters. The topological polar surface area (TPSA) is 96.3 Å². The van der Waals surface area contributed by atoms with Gasteiger partial charge in [-0.05, 0) is 37.0 Å². The maximum Gasteiger partial charge on any atom is 0.272 e. The zero-order valence-corrected chi connectivity index (χ0v) is 18.7. The molecule has 0 aliphatic carbocycles. The van der Waals surface area contributed by atoms with Crippen molar-refractivity contribution in [1.29, 1.82) is 0 Å². The lowest BCUT2D eigenvalue weighted by Crippen LogP contribution is -2.52. The number of anilines is 1. The summed E-state index contributed by atoms with van der Waals surface area (Å²) in [6.07, 6.45) is 1.07. The van der Waals surface area contributed by atoms with Crippen molar-refractivity contribution < 1.29 is 13.2 Å². The monoisotopic (exact) mass is 431 g/mol. The van der Waals surface area contributed by atoms with E-state index >= 15 is 0 Å². The van der Waals surface area contributed by atoms with Crippen LogP contribution in [-0.2, 0) is 22.5 Å². The standard InChI is InChI=1S/C21H29N5O3S/c1-21(2,3)18-13-16(25(4)23-18)20(27)26-11-9-14(10-12-26)19-22-15-7-5-6-8-17(15)30(28,29)24-19/h5-8,13-14,19,22,24H,9-12H2,1-4H3/t19-/m1/s1. The Balaban J connectivity index is 1.44. The molecule has 1 fully saturated rings. The fraction of sp³-hybridized carbons (Fsp3) is 0.524. The molecular formula is C21H29N5O3S. The number of aromatic nitrogens is 2. The molecule has 3 heterocycles. The number of piperidine rings is 1. The van der Waals surface area contributed by atoms with Gasteiger partial charge in [0.25, 0.3) is 5.91 Å². The number of sulfonamides is 1. The minimum absolute atomic E-state index is 0.0264. The summed E-state index contributed by atoms with van der Waals surface area (Å²) < 4.78 is 29.6. The molecule has 0 bridgehead atoms. The third-order valence-electron chi connectivity index (χ3n) is 5.94. The van der Waals surface area contributed by atoms with Crippen LogP contribution in [0.5, 0.6) is 0 Å². The van der Waals surface area contributed by atoms with E-state index in [0.717, 1.165) is 18.5 Å². The van der Waals surface area contributed by atoms with Crippen molar-refractivity contribution in [2.75, 3.05) is 18.4 Å². The van der Waals surface area contributed by atoms with Crippen molar-refractivity contribution >= 4 is 21.6 Å². The van der Waals surface area contributed by atoms with Crippen LogP contribution in [0.15, 0.2) is 35.2 Å². The van der Waals surface area contributed by atoms with Gasteiger partial charge in [0.05, 0.1) is 17.5 Å². The van der Waals surface area contributed by atoms with Gasteiger partial charge in [0.15, 0.2) is 0 Å². The SMILES string of the molecule is Cn1nc(C(C)(C)C)cc1C(=O)N1CCC([C@@H]2Nc3ccccc3S(=O)(=O)N2)CC1. The zero-order valence-electron chi connectivity index (χ0n) is 17.8. The number of para-hydroxylation sites is 1. The lowest BCUT2D eigenvalue weighted by Gasteiger charge is -2.38. The van der Waals surface area contributed by atoms with Gasteiger partial charge in [-0.25, -0.2) is 8.42 Å². The first-order valence-corrected chi connectivity index (χ1v) is 11.8. The summed E-state index contributed by atoms with van der Waals surface area (Å²) in [4.78, 5) is 15.2. The Kier molecular flexibility index (Phi) is 5.14.